The fourth-order valence-electron chi connectivity index (χ4n) is 2.14. The van der Waals surface area contributed by atoms with Crippen molar-refractivity contribution in [2.75, 3.05) is 13.2 Å². The summed E-state index contributed by atoms with van der Waals surface area (Å²) in [5.74, 6) is -1.01. The van der Waals surface area contributed by atoms with Crippen LogP contribution in [0.3, 0.4) is 0 Å². The van der Waals surface area contributed by atoms with Gasteiger partial charge in [-0.1, -0.05) is 30.3 Å². The molecular formula is C19H25N3O6. The molecule has 9 heteroatoms. The van der Waals surface area contributed by atoms with E-state index in [1.165, 1.54) is 0 Å². The molecule has 2 aromatic rings. The average molecular weight is 391 g/mol. The Morgan fingerprint density at radius 3 is 2.54 bits per heavy atom. The molecule has 0 unspecified atom stereocenters. The minimum atomic E-state index is -0.797. The zero-order chi connectivity index (χ0) is 20.6. The number of carbonyl (C=O) groups is 2. The Bertz CT molecular complexity index is 769. The highest BCUT2D eigenvalue weighted by Gasteiger charge is 2.26. The van der Waals surface area contributed by atoms with Crippen LogP contribution in [0.25, 0.3) is 0 Å². The first-order valence-corrected chi connectivity index (χ1v) is 8.90. The third-order valence-corrected chi connectivity index (χ3v) is 3.28. The second-order valence-corrected chi connectivity index (χ2v) is 6.87. The van der Waals surface area contributed by atoms with E-state index in [2.05, 4.69) is 15.5 Å². The molecule has 0 saturated carbocycles. The summed E-state index contributed by atoms with van der Waals surface area (Å²) >= 11 is 0. The van der Waals surface area contributed by atoms with E-state index < -0.39 is 23.7 Å². The molecule has 1 amide bonds. The van der Waals surface area contributed by atoms with Gasteiger partial charge < -0.3 is 23.9 Å². The molecule has 0 aliphatic rings. The predicted octanol–water partition coefficient (Wildman–Crippen LogP) is 3.03. The summed E-state index contributed by atoms with van der Waals surface area (Å²) in [6.07, 6.45) is -0.670. The fraction of sp³-hybridized carbons (Fsp3) is 0.474. The number of alkyl carbamates (subject to hydrolysis) is 1. The van der Waals surface area contributed by atoms with E-state index in [0.29, 0.717) is 6.61 Å². The minimum absolute atomic E-state index is 0.0157. The maximum Gasteiger partial charge on any atom is 0.408 e. The van der Waals surface area contributed by atoms with Crippen LogP contribution < -0.4 is 5.32 Å². The van der Waals surface area contributed by atoms with Gasteiger partial charge in [0.15, 0.2) is 0 Å². The van der Waals surface area contributed by atoms with Gasteiger partial charge in [0.1, 0.15) is 11.6 Å². The van der Waals surface area contributed by atoms with Crippen molar-refractivity contribution in [3.63, 3.8) is 0 Å². The highest BCUT2D eigenvalue weighted by molar-refractivity contribution is 5.83. The summed E-state index contributed by atoms with van der Waals surface area (Å²) in [6.45, 7) is 7.46. The van der Waals surface area contributed by atoms with Crippen molar-refractivity contribution in [3.8, 4) is 0 Å². The first kappa shape index (κ1) is 21.4. The van der Waals surface area contributed by atoms with Crippen molar-refractivity contribution in [2.45, 2.75) is 45.9 Å². The molecule has 1 atom stereocenters. The molecule has 1 heterocycles. The Labute approximate surface area is 163 Å². The van der Waals surface area contributed by atoms with Gasteiger partial charge >= 0.3 is 18.0 Å². The van der Waals surface area contributed by atoms with E-state index in [0.717, 1.165) is 5.56 Å². The second-order valence-electron chi connectivity index (χ2n) is 6.87. The van der Waals surface area contributed by atoms with E-state index in [1.807, 2.05) is 30.3 Å². The lowest BCUT2D eigenvalue weighted by molar-refractivity contribution is 0.0398. The van der Waals surface area contributed by atoms with Gasteiger partial charge in [-0.05, 0) is 33.3 Å². The SMILES string of the molecule is CCOC(=O)c1nnc([C@@H](COCc2ccccc2)NC(=O)OC(C)(C)C)o1. The largest absolute Gasteiger partial charge is 0.459 e. The van der Waals surface area contributed by atoms with Crippen LogP contribution in [0.1, 0.15) is 55.9 Å². The van der Waals surface area contributed by atoms with Crippen molar-refractivity contribution in [1.82, 2.24) is 15.5 Å². The number of esters is 1. The number of ether oxygens (including phenoxy) is 3. The topological polar surface area (TPSA) is 113 Å². The van der Waals surface area contributed by atoms with E-state index >= 15 is 0 Å². The third-order valence-electron chi connectivity index (χ3n) is 3.28. The standard InChI is InChI=1S/C19H25N3O6/c1-5-26-17(23)16-22-21-15(27-16)14(20-18(24)28-19(2,3)4)12-25-11-13-9-7-6-8-10-13/h6-10,14H,5,11-12H2,1-4H3,(H,20,24)/t14-/m1/s1. The lowest BCUT2D eigenvalue weighted by Crippen LogP contribution is -2.36. The Balaban J connectivity index is 2.06. The molecular weight excluding hydrogens is 366 g/mol. The van der Waals surface area contributed by atoms with Crippen LogP contribution in [0.2, 0.25) is 0 Å². The van der Waals surface area contributed by atoms with Gasteiger partial charge in [0.2, 0.25) is 5.89 Å². The molecule has 1 aromatic heterocycles. The number of nitrogens with one attached hydrogen (secondary N) is 1. The molecule has 9 nitrogen and oxygen atoms in total. The summed E-state index contributed by atoms with van der Waals surface area (Å²) in [6, 6.07) is 8.75. The zero-order valence-electron chi connectivity index (χ0n) is 16.4. The highest BCUT2D eigenvalue weighted by Crippen LogP contribution is 2.16. The maximum atomic E-state index is 12.1. The molecule has 2 rings (SSSR count). The van der Waals surface area contributed by atoms with Gasteiger partial charge in [0.05, 0.1) is 19.8 Å². The Hall–Kier alpha value is -2.94. The number of amides is 1. The number of hydrogen-bond acceptors (Lipinski definition) is 8. The monoisotopic (exact) mass is 391 g/mol. The number of nitrogens with zero attached hydrogens (tertiary/aromatic N) is 2. The van der Waals surface area contributed by atoms with E-state index in [4.69, 9.17) is 18.6 Å². The number of aromatic nitrogens is 2. The molecule has 28 heavy (non-hydrogen) atoms. The molecule has 0 aliphatic heterocycles. The quantitative estimate of drug-likeness (QED) is 0.683. The summed E-state index contributed by atoms with van der Waals surface area (Å²) in [7, 11) is 0. The van der Waals surface area contributed by atoms with Crippen LogP contribution in [0.15, 0.2) is 34.7 Å². The van der Waals surface area contributed by atoms with Crippen LogP contribution in [-0.2, 0) is 20.8 Å². The van der Waals surface area contributed by atoms with Crippen molar-refractivity contribution in [3.05, 3.63) is 47.7 Å². The first-order valence-electron chi connectivity index (χ1n) is 8.90. The van der Waals surface area contributed by atoms with Crippen molar-refractivity contribution in [1.29, 1.82) is 0 Å². The molecule has 0 fully saturated rings. The Morgan fingerprint density at radius 1 is 1.18 bits per heavy atom. The molecule has 152 valence electrons. The summed E-state index contributed by atoms with van der Waals surface area (Å²) < 4.78 is 21.1. The minimum Gasteiger partial charge on any atom is -0.459 e. The highest BCUT2D eigenvalue weighted by atomic mass is 16.6. The zero-order valence-corrected chi connectivity index (χ0v) is 16.4. The van der Waals surface area contributed by atoms with Crippen LogP contribution >= 0.6 is 0 Å². The van der Waals surface area contributed by atoms with Crippen molar-refractivity contribution in [2.24, 2.45) is 0 Å². The van der Waals surface area contributed by atoms with Crippen LogP contribution in [0.4, 0.5) is 4.79 Å². The lowest BCUT2D eigenvalue weighted by Gasteiger charge is -2.22. The van der Waals surface area contributed by atoms with Crippen LogP contribution in [0.5, 0.6) is 0 Å². The van der Waals surface area contributed by atoms with Gasteiger partial charge in [0.25, 0.3) is 0 Å². The number of rotatable bonds is 8. The normalized spacial score (nSPS) is 12.3. The fourth-order valence-corrected chi connectivity index (χ4v) is 2.14. The Morgan fingerprint density at radius 2 is 1.89 bits per heavy atom. The summed E-state index contributed by atoms with van der Waals surface area (Å²) in [4.78, 5) is 23.9. The number of benzene rings is 1. The molecule has 0 radical (unpaired) electrons. The van der Waals surface area contributed by atoms with Gasteiger partial charge in [-0.25, -0.2) is 9.59 Å². The third kappa shape index (κ3) is 6.99. The Kier molecular flexibility index (Phi) is 7.51. The molecule has 1 N–H and O–H groups in total. The van der Waals surface area contributed by atoms with E-state index in [1.54, 1.807) is 27.7 Å². The average Bonchev–Trinajstić information content (AvgIpc) is 3.10. The lowest BCUT2D eigenvalue weighted by atomic mass is 10.2. The molecule has 1 aromatic carbocycles. The first-order chi connectivity index (χ1) is 13.3. The van der Waals surface area contributed by atoms with Gasteiger partial charge in [-0.15, -0.1) is 10.2 Å². The van der Waals surface area contributed by atoms with E-state index in [-0.39, 0.29) is 25.0 Å². The van der Waals surface area contributed by atoms with Gasteiger partial charge in [-0.3, -0.25) is 0 Å². The molecule has 0 spiro atoms. The van der Waals surface area contributed by atoms with Crippen molar-refractivity contribution >= 4 is 12.1 Å². The van der Waals surface area contributed by atoms with Gasteiger partial charge in [0, 0.05) is 0 Å². The second kappa shape index (κ2) is 9.84. The smallest absolute Gasteiger partial charge is 0.408 e. The van der Waals surface area contributed by atoms with Crippen LogP contribution in [0, 0.1) is 0 Å². The molecule has 0 bridgehead atoms. The molecule has 0 saturated heterocycles. The molecule has 0 aliphatic carbocycles. The van der Waals surface area contributed by atoms with E-state index in [9.17, 15) is 9.59 Å². The number of carbonyl (C=O) groups excluding carboxylic acids is 2. The number of hydrogen-bond donors (Lipinski definition) is 1. The van der Waals surface area contributed by atoms with Gasteiger partial charge in [-0.2, -0.15) is 0 Å². The maximum absolute atomic E-state index is 12.1. The summed E-state index contributed by atoms with van der Waals surface area (Å²) in [5, 5.41) is 10.1. The van der Waals surface area contributed by atoms with Crippen molar-refractivity contribution < 1.29 is 28.2 Å². The predicted molar refractivity (Wildman–Crippen MR) is 98.5 cm³/mol. The summed E-state index contributed by atoms with van der Waals surface area (Å²) in [5.41, 5.74) is 0.293. The van der Waals surface area contributed by atoms with Crippen LogP contribution in [-0.4, -0.2) is 41.1 Å².